The maximum Gasteiger partial charge on any atom is 0.312 e. The van der Waals surface area contributed by atoms with Gasteiger partial charge in [-0.2, -0.15) is 0 Å². The highest BCUT2D eigenvalue weighted by atomic mass is 32.2. The maximum atomic E-state index is 15.1. The maximum absolute atomic E-state index is 15.1. The van der Waals surface area contributed by atoms with Crippen LogP contribution in [0.3, 0.4) is 0 Å². The number of aryl methyl sites for hydroxylation is 2. The standard InChI is InChI=1S/C18H16FN3O3S2/c1-10-3-6-13(27-10)11-4-5-12(20-2)18(17(11)19)26-8-7-14-21-22-15(25-14)9-16(23)24/h3-6H,2,7-9H2,1H3,(H,23,24). The second-order valence-corrected chi connectivity index (χ2v) is 8.00. The SMILES string of the molecule is C=Nc1ccc(-c2ccc(C)s2)c(F)c1SCCc1nnc(CC(=O)O)o1. The number of halogens is 1. The lowest BCUT2D eigenvalue weighted by atomic mass is 10.1. The first kappa shape index (κ1) is 19.2. The van der Waals surface area contributed by atoms with Crippen molar-refractivity contribution in [2.75, 3.05) is 5.75 Å². The van der Waals surface area contributed by atoms with Crippen molar-refractivity contribution in [1.82, 2.24) is 10.2 Å². The number of hydrogen-bond donors (Lipinski definition) is 1. The molecule has 0 aliphatic heterocycles. The zero-order valence-corrected chi connectivity index (χ0v) is 16.1. The molecule has 2 heterocycles. The van der Waals surface area contributed by atoms with Gasteiger partial charge in [0.15, 0.2) is 0 Å². The number of aliphatic carboxylic acids is 1. The van der Waals surface area contributed by atoms with Crippen molar-refractivity contribution in [3.8, 4) is 10.4 Å². The van der Waals surface area contributed by atoms with Crippen molar-refractivity contribution >= 4 is 41.5 Å². The number of thiophene rings is 1. The smallest absolute Gasteiger partial charge is 0.312 e. The Balaban J connectivity index is 1.74. The Kier molecular flexibility index (Phi) is 6.02. The van der Waals surface area contributed by atoms with E-state index in [1.54, 1.807) is 12.1 Å². The lowest BCUT2D eigenvalue weighted by molar-refractivity contribution is -0.136. The summed E-state index contributed by atoms with van der Waals surface area (Å²) in [6.07, 6.45) is 0.0667. The largest absolute Gasteiger partial charge is 0.481 e. The van der Waals surface area contributed by atoms with E-state index in [2.05, 4.69) is 21.9 Å². The number of carboxylic acid groups (broad SMARTS) is 1. The average Bonchev–Trinajstić information content (AvgIpc) is 3.24. The Morgan fingerprint density at radius 3 is 2.78 bits per heavy atom. The van der Waals surface area contributed by atoms with Crippen molar-refractivity contribution in [3.63, 3.8) is 0 Å². The van der Waals surface area contributed by atoms with Gasteiger partial charge in [0.25, 0.3) is 0 Å². The van der Waals surface area contributed by atoms with Gasteiger partial charge in [0.1, 0.15) is 12.2 Å². The number of rotatable bonds is 8. The Morgan fingerprint density at radius 2 is 2.11 bits per heavy atom. The van der Waals surface area contributed by atoms with Gasteiger partial charge in [-0.05, 0) is 37.9 Å². The van der Waals surface area contributed by atoms with E-state index in [-0.39, 0.29) is 18.1 Å². The Hall–Kier alpha value is -2.52. The molecule has 140 valence electrons. The average molecular weight is 405 g/mol. The fourth-order valence-electron chi connectivity index (χ4n) is 2.41. The van der Waals surface area contributed by atoms with Crippen LogP contribution in [0.5, 0.6) is 0 Å². The van der Waals surface area contributed by atoms with E-state index in [1.165, 1.54) is 23.1 Å². The van der Waals surface area contributed by atoms with Gasteiger partial charge in [-0.1, -0.05) is 0 Å². The summed E-state index contributed by atoms with van der Waals surface area (Å²) in [6.45, 7) is 5.49. The summed E-state index contributed by atoms with van der Waals surface area (Å²) in [7, 11) is 0. The van der Waals surface area contributed by atoms with Crippen LogP contribution in [0.15, 0.2) is 38.6 Å². The molecule has 0 atom stereocenters. The van der Waals surface area contributed by atoms with E-state index < -0.39 is 5.97 Å². The summed E-state index contributed by atoms with van der Waals surface area (Å²) in [4.78, 5) is 16.9. The molecule has 0 radical (unpaired) electrons. The molecule has 0 bridgehead atoms. The van der Waals surface area contributed by atoms with Crippen molar-refractivity contribution in [3.05, 3.63) is 46.7 Å². The normalized spacial score (nSPS) is 10.9. The summed E-state index contributed by atoms with van der Waals surface area (Å²) >= 11 is 2.81. The van der Waals surface area contributed by atoms with E-state index >= 15 is 4.39 Å². The highest BCUT2D eigenvalue weighted by molar-refractivity contribution is 7.99. The van der Waals surface area contributed by atoms with Crippen molar-refractivity contribution in [2.24, 2.45) is 4.99 Å². The summed E-state index contributed by atoms with van der Waals surface area (Å²) < 4.78 is 20.3. The minimum absolute atomic E-state index is 0.0530. The fraction of sp³-hybridized carbons (Fsp3) is 0.222. The molecule has 0 aliphatic rings. The fourth-order valence-corrected chi connectivity index (χ4v) is 4.29. The molecular formula is C18H16FN3O3S2. The molecule has 1 N–H and O–H groups in total. The first-order valence-electron chi connectivity index (χ1n) is 8.00. The molecule has 0 saturated carbocycles. The first-order valence-corrected chi connectivity index (χ1v) is 9.80. The van der Waals surface area contributed by atoms with Gasteiger partial charge in [0, 0.05) is 27.5 Å². The summed E-state index contributed by atoms with van der Waals surface area (Å²) in [5, 5.41) is 16.2. The summed E-state index contributed by atoms with van der Waals surface area (Å²) in [6, 6.07) is 7.32. The van der Waals surface area contributed by atoms with Gasteiger partial charge in [0.2, 0.25) is 11.8 Å². The zero-order chi connectivity index (χ0) is 19.4. The van der Waals surface area contributed by atoms with Gasteiger partial charge < -0.3 is 9.52 Å². The molecule has 0 aliphatic carbocycles. The number of thioether (sulfide) groups is 1. The number of nitrogens with zero attached hydrogens (tertiary/aromatic N) is 3. The minimum atomic E-state index is -1.04. The number of carboxylic acids is 1. The number of aromatic nitrogens is 2. The van der Waals surface area contributed by atoms with Crippen LogP contribution in [0.25, 0.3) is 10.4 Å². The number of aliphatic imine (C=N–C) groups is 1. The molecule has 0 fully saturated rings. The molecule has 2 aromatic heterocycles. The lowest BCUT2D eigenvalue weighted by Crippen LogP contribution is -1.99. The third-order valence-electron chi connectivity index (χ3n) is 3.63. The monoisotopic (exact) mass is 405 g/mol. The van der Waals surface area contributed by atoms with Gasteiger partial charge in [-0.25, -0.2) is 4.39 Å². The predicted octanol–water partition coefficient (Wildman–Crippen LogP) is 4.54. The molecule has 1 aromatic carbocycles. The number of benzene rings is 1. The highest BCUT2D eigenvalue weighted by Crippen LogP contribution is 2.39. The Labute approximate surface area is 163 Å². The molecule has 0 unspecified atom stereocenters. The quantitative estimate of drug-likeness (QED) is 0.437. The van der Waals surface area contributed by atoms with Gasteiger partial charge in [-0.3, -0.25) is 9.79 Å². The van der Waals surface area contributed by atoms with Crippen LogP contribution in [-0.4, -0.2) is 33.7 Å². The summed E-state index contributed by atoms with van der Waals surface area (Å²) in [5.41, 5.74) is 1.01. The molecule has 3 aromatic rings. The van der Waals surface area contributed by atoms with E-state index in [0.717, 1.165) is 9.75 Å². The third kappa shape index (κ3) is 4.61. The molecule has 0 saturated heterocycles. The van der Waals surface area contributed by atoms with Crippen molar-refractivity contribution in [1.29, 1.82) is 0 Å². The minimum Gasteiger partial charge on any atom is -0.481 e. The van der Waals surface area contributed by atoms with Crippen LogP contribution in [0.2, 0.25) is 0 Å². The summed E-state index contributed by atoms with van der Waals surface area (Å²) in [5.74, 6) is -0.525. The molecule has 3 rings (SSSR count). The van der Waals surface area contributed by atoms with Crippen molar-refractivity contribution < 1.29 is 18.7 Å². The van der Waals surface area contributed by atoms with Crippen molar-refractivity contribution in [2.45, 2.75) is 24.7 Å². The second kappa shape index (κ2) is 8.45. The topological polar surface area (TPSA) is 88.6 Å². The number of carbonyl (C=O) groups is 1. The van der Waals surface area contributed by atoms with Crippen LogP contribution < -0.4 is 0 Å². The van der Waals surface area contributed by atoms with Gasteiger partial charge >= 0.3 is 5.97 Å². The van der Waals surface area contributed by atoms with Crippen LogP contribution in [0.1, 0.15) is 16.7 Å². The first-order chi connectivity index (χ1) is 13.0. The van der Waals surface area contributed by atoms with E-state index in [0.29, 0.717) is 34.2 Å². The Bertz CT molecular complexity index is 984. The molecular weight excluding hydrogens is 389 g/mol. The molecule has 0 amide bonds. The van der Waals surface area contributed by atoms with E-state index in [9.17, 15) is 4.79 Å². The van der Waals surface area contributed by atoms with Gasteiger partial charge in [0.05, 0.1) is 10.6 Å². The van der Waals surface area contributed by atoms with Crippen LogP contribution in [-0.2, 0) is 17.6 Å². The molecule has 27 heavy (non-hydrogen) atoms. The van der Waals surface area contributed by atoms with Gasteiger partial charge in [-0.15, -0.1) is 33.3 Å². The predicted molar refractivity (Wildman–Crippen MR) is 104 cm³/mol. The molecule has 6 nitrogen and oxygen atoms in total. The van der Waals surface area contributed by atoms with Crippen LogP contribution in [0, 0.1) is 12.7 Å². The number of hydrogen-bond acceptors (Lipinski definition) is 7. The van der Waals surface area contributed by atoms with Crippen LogP contribution in [0.4, 0.5) is 10.1 Å². The third-order valence-corrected chi connectivity index (χ3v) is 5.75. The zero-order valence-electron chi connectivity index (χ0n) is 14.4. The lowest BCUT2D eigenvalue weighted by Gasteiger charge is -2.09. The Morgan fingerprint density at radius 1 is 1.33 bits per heavy atom. The van der Waals surface area contributed by atoms with E-state index in [4.69, 9.17) is 9.52 Å². The van der Waals surface area contributed by atoms with E-state index in [1.807, 2.05) is 19.1 Å². The van der Waals surface area contributed by atoms with Crippen LogP contribution >= 0.6 is 23.1 Å². The highest BCUT2D eigenvalue weighted by Gasteiger charge is 2.17. The molecule has 9 heteroatoms. The second-order valence-electron chi connectivity index (χ2n) is 5.60. The molecule has 0 spiro atoms.